The summed E-state index contributed by atoms with van der Waals surface area (Å²) >= 11 is 16.7. The van der Waals surface area contributed by atoms with Crippen LogP contribution in [0.4, 0.5) is 0 Å². The number of carboxylic acid groups (broad SMARTS) is 6. The number of aliphatic carboxylic acids is 6. The number of hydrogen-bond acceptors (Lipinski definition) is 21. The van der Waals surface area contributed by atoms with E-state index in [1.165, 1.54) is 14.7 Å². The first-order valence-corrected chi connectivity index (χ1v) is 31.4. The van der Waals surface area contributed by atoms with Crippen molar-refractivity contribution in [2.45, 2.75) is 129 Å². The van der Waals surface area contributed by atoms with Gasteiger partial charge < -0.3 is 75.7 Å². The second-order valence-corrected chi connectivity index (χ2v) is 25.8. The van der Waals surface area contributed by atoms with E-state index in [9.17, 15) is 72.9 Å². The highest BCUT2D eigenvalue weighted by Gasteiger charge is 2.54. The van der Waals surface area contributed by atoms with Crippen molar-refractivity contribution >= 4 is 144 Å². The number of carbonyl (C=O) groups is 12. The largest absolute Gasteiger partial charge is 0.548 e. The van der Waals surface area contributed by atoms with Gasteiger partial charge in [-0.3, -0.25) is 28.8 Å². The zero-order chi connectivity index (χ0) is 65.3. The molecule has 0 radical (unpaired) electrons. The molecule has 0 aliphatic carbocycles. The molecule has 6 fully saturated rings. The molecule has 0 aromatic carbocycles. The van der Waals surface area contributed by atoms with Crippen LogP contribution in [0.1, 0.15) is 76.2 Å². The third-order valence-corrected chi connectivity index (χ3v) is 20.1. The fourth-order valence-electron chi connectivity index (χ4n) is 8.32. The van der Waals surface area contributed by atoms with E-state index in [0.717, 1.165) is 5.75 Å². The first-order valence-electron chi connectivity index (χ1n) is 26.3. The van der Waals surface area contributed by atoms with E-state index >= 15 is 0 Å². The average molecular weight is 1290 g/mol. The van der Waals surface area contributed by atoms with Crippen LogP contribution in [0.3, 0.4) is 0 Å². The molecular formula is C54H79N6O18S6-3. The van der Waals surface area contributed by atoms with Gasteiger partial charge in [0, 0.05) is 52.3 Å². The van der Waals surface area contributed by atoms with E-state index < -0.39 is 72.1 Å². The van der Waals surface area contributed by atoms with E-state index in [4.69, 9.17) is 15.3 Å². The van der Waals surface area contributed by atoms with Gasteiger partial charge in [-0.15, -0.1) is 35.3 Å². The number of fused-ring (bicyclic) bond motifs is 3. The van der Waals surface area contributed by atoms with Gasteiger partial charge in [-0.1, -0.05) is 88.6 Å². The van der Waals surface area contributed by atoms with Crippen molar-refractivity contribution in [1.82, 2.24) is 30.7 Å². The number of thiol groups is 3. The summed E-state index contributed by atoms with van der Waals surface area (Å²) in [4.78, 5) is 137. The SMILES string of the molecule is C=C(C)[C@@H](NC(=O)[C@@H](C)CS)C(=O)O.C=C(C)[C@@H](NC(=O)[C@@H](C)CS)C(=O)O.C=C1CS[C@@H]2[C@H](C)C(=O)N2[C@H]1C(=O)[O-].C=C1CS[C@@H]2[C@H](C)C(=O)N2[C@H]1C(=O)[O-].CC(C)[C@@H](NC(=O)[C@@H](C)CS)C(=O)O.CC1CS[C@@H]2[C@H](C)C(=O)N2[C@H]1C(=O)[O-]. The fraction of sp³-hybridized carbons (Fsp3) is 0.630. The smallest absolute Gasteiger partial charge is 0.330 e. The third kappa shape index (κ3) is 20.1. The lowest BCUT2D eigenvalue weighted by Gasteiger charge is -2.54. The minimum Gasteiger partial charge on any atom is -0.548 e. The molecule has 0 aromatic rings. The lowest BCUT2D eigenvalue weighted by Crippen LogP contribution is -2.69. The maximum atomic E-state index is 11.5. The van der Waals surface area contributed by atoms with Crippen molar-refractivity contribution < 1.29 is 88.2 Å². The summed E-state index contributed by atoms with van der Waals surface area (Å²) < 4.78 is 0. The molecule has 472 valence electrons. The summed E-state index contributed by atoms with van der Waals surface area (Å²) in [5.41, 5.74) is 1.90. The topological polar surface area (TPSA) is 381 Å². The molecule has 6 heterocycles. The van der Waals surface area contributed by atoms with Crippen molar-refractivity contribution in [2.75, 3.05) is 34.5 Å². The normalized spacial score (nSPS) is 26.3. The number of hydrogen-bond donors (Lipinski definition) is 9. The number of amides is 6. The highest BCUT2D eigenvalue weighted by molar-refractivity contribution is 8.00. The summed E-state index contributed by atoms with van der Waals surface area (Å²) in [6, 6.07) is -5.38. The van der Waals surface area contributed by atoms with E-state index in [-0.39, 0.29) is 98.9 Å². The Labute approximate surface area is 519 Å². The van der Waals surface area contributed by atoms with Gasteiger partial charge in [0.15, 0.2) is 0 Å². The zero-order valence-electron chi connectivity index (χ0n) is 48.8. The van der Waals surface area contributed by atoms with Crippen molar-refractivity contribution in [2.24, 2.45) is 47.3 Å². The number of thioether (sulfide) groups is 3. The Morgan fingerprint density at radius 1 is 0.548 bits per heavy atom. The van der Waals surface area contributed by atoms with Crippen LogP contribution < -0.4 is 31.3 Å². The number of carboxylic acids is 6. The molecule has 6 saturated heterocycles. The van der Waals surface area contributed by atoms with Gasteiger partial charge in [0.25, 0.3) is 0 Å². The van der Waals surface area contributed by atoms with Crippen LogP contribution in [0.5, 0.6) is 0 Å². The summed E-state index contributed by atoms with van der Waals surface area (Å²) in [5.74, 6) is -5.99. The number of nitrogens with one attached hydrogen (secondary N) is 3. The van der Waals surface area contributed by atoms with Crippen LogP contribution in [-0.2, 0) is 57.5 Å². The molecular weight excluding hydrogens is 1210 g/mol. The molecule has 0 bridgehead atoms. The fourth-order valence-corrected chi connectivity index (χ4v) is 13.0. The molecule has 1 unspecified atom stereocenters. The van der Waals surface area contributed by atoms with Crippen LogP contribution in [0.2, 0.25) is 0 Å². The monoisotopic (exact) mass is 1290 g/mol. The Morgan fingerprint density at radius 2 is 0.857 bits per heavy atom. The molecule has 0 spiro atoms. The van der Waals surface area contributed by atoms with Gasteiger partial charge in [-0.2, -0.15) is 37.9 Å². The molecule has 6 rings (SSSR count). The Hall–Kier alpha value is -5.30. The van der Waals surface area contributed by atoms with E-state index in [0.29, 0.717) is 51.1 Å². The van der Waals surface area contributed by atoms with Gasteiger partial charge in [0.2, 0.25) is 35.4 Å². The van der Waals surface area contributed by atoms with Crippen molar-refractivity contribution in [3.8, 4) is 0 Å². The number of carbonyl (C=O) groups excluding carboxylic acids is 9. The average Bonchev–Trinajstić information content (AvgIpc) is 0.943. The Kier molecular flexibility index (Phi) is 31.7. The molecule has 6 amide bonds. The molecule has 84 heavy (non-hydrogen) atoms. The van der Waals surface area contributed by atoms with Gasteiger partial charge >= 0.3 is 17.9 Å². The van der Waals surface area contributed by atoms with Gasteiger partial charge in [0.1, 0.15) is 18.1 Å². The van der Waals surface area contributed by atoms with Gasteiger partial charge in [0.05, 0.1) is 69.9 Å². The lowest BCUT2D eigenvalue weighted by atomic mass is 9.92. The van der Waals surface area contributed by atoms with Gasteiger partial charge in [-0.25, -0.2) is 14.4 Å². The van der Waals surface area contributed by atoms with Crippen LogP contribution in [0.15, 0.2) is 48.6 Å². The molecule has 16 atom stereocenters. The summed E-state index contributed by atoms with van der Waals surface area (Å²) in [6.07, 6.45) is 0. The minimum atomic E-state index is -1.22. The first kappa shape index (κ1) is 76.7. The molecule has 6 aliphatic rings. The van der Waals surface area contributed by atoms with Crippen LogP contribution in [0.25, 0.3) is 0 Å². The Bertz CT molecular complexity index is 2390. The zero-order valence-corrected chi connectivity index (χ0v) is 53.9. The summed E-state index contributed by atoms with van der Waals surface area (Å²) in [6.45, 7) is 33.3. The molecule has 0 saturated carbocycles. The first-order chi connectivity index (χ1) is 38.8. The second-order valence-electron chi connectivity index (χ2n) is 21.3. The third-order valence-electron chi connectivity index (χ3n) is 13.8. The highest BCUT2D eigenvalue weighted by Crippen LogP contribution is 2.45. The maximum absolute atomic E-state index is 11.5. The highest BCUT2D eigenvalue weighted by atomic mass is 32.2. The van der Waals surface area contributed by atoms with Crippen molar-refractivity contribution in [3.63, 3.8) is 0 Å². The van der Waals surface area contributed by atoms with Crippen LogP contribution in [-0.4, -0.2) is 188 Å². The molecule has 0 aromatic heterocycles. The number of rotatable bonds is 18. The number of nitrogens with zero attached hydrogens (tertiary/aromatic N) is 3. The van der Waals surface area contributed by atoms with Crippen molar-refractivity contribution in [3.05, 3.63) is 48.6 Å². The Morgan fingerprint density at radius 3 is 1.12 bits per heavy atom. The molecule has 6 N–H and O–H groups in total. The van der Waals surface area contributed by atoms with Gasteiger partial charge in [-0.05, 0) is 48.0 Å². The quantitative estimate of drug-likeness (QED) is 0.0491. The maximum Gasteiger partial charge on any atom is 0.330 e. The second kappa shape index (κ2) is 34.7. The predicted molar refractivity (Wildman–Crippen MR) is 323 cm³/mol. The van der Waals surface area contributed by atoms with E-state index in [1.807, 2.05) is 27.7 Å². The van der Waals surface area contributed by atoms with Crippen LogP contribution >= 0.6 is 73.2 Å². The number of β-lactam (4-membered cyclic amide) rings is 3. The van der Waals surface area contributed by atoms with Crippen molar-refractivity contribution in [1.29, 1.82) is 0 Å². The van der Waals surface area contributed by atoms with Crippen LogP contribution in [0, 0.1) is 47.3 Å². The Balaban J connectivity index is 0.000000504. The molecule has 24 nitrogen and oxygen atoms in total. The standard InChI is InChI=1S/C9H13NO3S.2C9H11NO3S.C9H17NO3S.2C9H15NO3S/c3*1-4-3-14-8-5(2)7(11)10(8)6(4)9(12)13;3*1-5(2)7(9(12)13)10-8(11)6(3)4-14/h4-6,8H,3H2,1-2H3,(H,12,13);2*5-6,8H,1,3H2,2H3,(H,12,13);5-7,14H,4H2,1-3H3,(H,10,11)(H,12,13);2*6-7,14H,1,4H2,2-3H3,(H,10,11)(H,12,13)/p-3/t4?,5-,6-,8-;2*5-,6-,8-;3*6-,7+/m111000/s1. The molecule has 6 aliphatic heterocycles. The lowest BCUT2D eigenvalue weighted by molar-refractivity contribution is -0.314. The minimum absolute atomic E-state index is 0.00380. The van der Waals surface area contributed by atoms with E-state index in [2.05, 4.69) is 80.2 Å². The van der Waals surface area contributed by atoms with E-state index in [1.54, 1.807) is 83.8 Å². The predicted octanol–water partition coefficient (Wildman–Crippen LogP) is -0.110. The summed E-state index contributed by atoms with van der Waals surface area (Å²) in [5, 5.41) is 66.2. The molecule has 30 heteroatoms. The summed E-state index contributed by atoms with van der Waals surface area (Å²) in [7, 11) is 0.